The van der Waals surface area contributed by atoms with Gasteiger partial charge in [0.2, 0.25) is 6.10 Å². The van der Waals surface area contributed by atoms with E-state index in [1.807, 2.05) is 48.4 Å². The van der Waals surface area contributed by atoms with Crippen molar-refractivity contribution >= 4 is 11.8 Å². The average Bonchev–Trinajstić information content (AvgIpc) is 3.27. The van der Waals surface area contributed by atoms with Crippen LogP contribution in [-0.4, -0.2) is 32.3 Å². The third kappa shape index (κ3) is 3.79. The molecule has 3 aromatic rings. The first-order chi connectivity index (χ1) is 12.3. The van der Waals surface area contributed by atoms with Crippen LogP contribution in [0.2, 0.25) is 0 Å². The number of benzene rings is 1. The van der Waals surface area contributed by atoms with Crippen LogP contribution in [0.4, 0.5) is 0 Å². The number of fused-ring (bicyclic) bond motifs is 1. The Bertz CT molecular complexity index is 848. The predicted molar refractivity (Wildman–Crippen MR) is 91.9 cm³/mol. The Balaban J connectivity index is 1.29. The Labute approximate surface area is 149 Å². The molecule has 0 saturated heterocycles. The Morgan fingerprint density at radius 1 is 1.24 bits per heavy atom. The highest BCUT2D eigenvalue weighted by Gasteiger charge is 2.27. The molecule has 3 heterocycles. The zero-order chi connectivity index (χ0) is 17.1. The average molecular weight is 358 g/mol. The van der Waals surface area contributed by atoms with Crippen LogP contribution in [0.25, 0.3) is 0 Å². The Morgan fingerprint density at radius 2 is 2.12 bits per heavy atom. The van der Waals surface area contributed by atoms with Crippen molar-refractivity contribution < 1.29 is 13.9 Å². The molecular formula is C17H18N4O3S. The summed E-state index contributed by atoms with van der Waals surface area (Å²) >= 11 is 1.55. The quantitative estimate of drug-likeness (QED) is 0.495. The fourth-order valence-corrected chi connectivity index (χ4v) is 3.29. The molecule has 0 radical (unpaired) electrons. The van der Waals surface area contributed by atoms with E-state index in [0.717, 1.165) is 24.3 Å². The van der Waals surface area contributed by atoms with Crippen molar-refractivity contribution in [3.8, 4) is 11.5 Å². The summed E-state index contributed by atoms with van der Waals surface area (Å²) in [7, 11) is 1.92. The van der Waals surface area contributed by atoms with E-state index < -0.39 is 0 Å². The second kappa shape index (κ2) is 7.18. The number of aryl methyl sites for hydroxylation is 2. The van der Waals surface area contributed by atoms with Crippen LogP contribution in [0.1, 0.15) is 24.0 Å². The monoisotopic (exact) mass is 358 g/mol. The highest BCUT2D eigenvalue weighted by atomic mass is 32.2. The highest BCUT2D eigenvalue weighted by Crippen LogP contribution is 2.35. The summed E-state index contributed by atoms with van der Waals surface area (Å²) in [5.74, 6) is 2.79. The van der Waals surface area contributed by atoms with Crippen molar-refractivity contribution in [3.63, 3.8) is 0 Å². The van der Waals surface area contributed by atoms with E-state index in [9.17, 15) is 0 Å². The summed E-state index contributed by atoms with van der Waals surface area (Å²) in [5.41, 5.74) is 1.24. The minimum Gasteiger partial charge on any atom is -0.485 e. The molecule has 4 rings (SSSR count). The Morgan fingerprint density at radius 3 is 2.96 bits per heavy atom. The normalized spacial score (nSPS) is 16.1. The smallest absolute Gasteiger partial charge is 0.276 e. The number of nitrogens with zero attached hydrogens (tertiary/aromatic N) is 4. The van der Waals surface area contributed by atoms with E-state index >= 15 is 0 Å². The van der Waals surface area contributed by atoms with Crippen LogP contribution in [0.15, 0.2) is 46.3 Å². The van der Waals surface area contributed by atoms with Crippen molar-refractivity contribution in [2.45, 2.75) is 24.2 Å². The molecule has 0 aliphatic carbocycles. The Hall–Kier alpha value is -2.48. The topological polar surface area (TPSA) is 75.2 Å². The first-order valence-electron chi connectivity index (χ1n) is 8.10. The summed E-state index contributed by atoms with van der Waals surface area (Å²) in [6.45, 7) is 0.365. The number of rotatable bonds is 6. The molecule has 1 aliphatic heterocycles. The van der Waals surface area contributed by atoms with E-state index in [4.69, 9.17) is 13.9 Å². The molecule has 7 nitrogen and oxygen atoms in total. The number of hydrogen-bond donors (Lipinski definition) is 0. The molecule has 8 heteroatoms. The summed E-state index contributed by atoms with van der Waals surface area (Å²) in [6.07, 6.45) is 5.57. The number of thioether (sulfide) groups is 1. The number of aromatic nitrogens is 4. The van der Waals surface area contributed by atoms with Crippen LogP contribution in [0.5, 0.6) is 11.5 Å². The van der Waals surface area contributed by atoms with E-state index in [0.29, 0.717) is 23.5 Å². The molecule has 2 aromatic heterocycles. The van der Waals surface area contributed by atoms with Crippen molar-refractivity contribution in [1.29, 1.82) is 0 Å². The van der Waals surface area contributed by atoms with Crippen molar-refractivity contribution in [3.05, 3.63) is 48.1 Å². The van der Waals surface area contributed by atoms with Crippen molar-refractivity contribution in [2.24, 2.45) is 7.05 Å². The van der Waals surface area contributed by atoms with Gasteiger partial charge in [-0.25, -0.2) is 0 Å². The number of para-hydroxylation sites is 2. The minimum absolute atomic E-state index is 0.365. The molecular weight excluding hydrogens is 340 g/mol. The molecule has 0 spiro atoms. The minimum atomic E-state index is -0.368. The molecule has 0 N–H and O–H groups in total. The van der Waals surface area contributed by atoms with Gasteiger partial charge in [-0.05, 0) is 30.5 Å². The first kappa shape index (κ1) is 16.0. The molecule has 0 fully saturated rings. The second-order valence-corrected chi connectivity index (χ2v) is 6.79. The SMILES string of the molecule is Cn1cc(CCCSc2nnc(C3COc4ccccc4O3)o2)cn1. The van der Waals surface area contributed by atoms with E-state index in [1.165, 1.54) is 5.56 Å². The van der Waals surface area contributed by atoms with Crippen LogP contribution < -0.4 is 9.47 Å². The second-order valence-electron chi connectivity index (χ2n) is 5.74. The third-order valence-electron chi connectivity index (χ3n) is 3.80. The van der Waals surface area contributed by atoms with Gasteiger partial charge in [-0.2, -0.15) is 5.10 Å². The molecule has 130 valence electrons. The van der Waals surface area contributed by atoms with Crippen molar-refractivity contribution in [2.75, 3.05) is 12.4 Å². The maximum Gasteiger partial charge on any atom is 0.276 e. The fourth-order valence-electron chi connectivity index (χ4n) is 2.59. The van der Waals surface area contributed by atoms with Crippen LogP contribution in [-0.2, 0) is 13.5 Å². The molecule has 0 bridgehead atoms. The van der Waals surface area contributed by atoms with E-state index in [-0.39, 0.29) is 6.10 Å². The van der Waals surface area contributed by atoms with Gasteiger partial charge in [0.25, 0.3) is 11.1 Å². The number of hydrogen-bond acceptors (Lipinski definition) is 7. The lowest BCUT2D eigenvalue weighted by Crippen LogP contribution is -2.21. The fraction of sp³-hybridized carbons (Fsp3) is 0.353. The lowest BCUT2D eigenvalue weighted by molar-refractivity contribution is 0.0686. The maximum atomic E-state index is 5.88. The molecule has 0 amide bonds. The van der Waals surface area contributed by atoms with Crippen LogP contribution in [0, 0.1) is 0 Å². The number of ether oxygens (including phenoxy) is 2. The van der Waals surface area contributed by atoms with Gasteiger partial charge in [-0.1, -0.05) is 23.9 Å². The zero-order valence-corrected chi connectivity index (χ0v) is 14.6. The lowest BCUT2D eigenvalue weighted by Gasteiger charge is -2.23. The molecule has 1 aromatic carbocycles. The maximum absolute atomic E-state index is 5.88. The molecule has 25 heavy (non-hydrogen) atoms. The van der Waals surface area contributed by atoms with Gasteiger partial charge in [0.15, 0.2) is 11.5 Å². The van der Waals surface area contributed by atoms with Crippen molar-refractivity contribution in [1.82, 2.24) is 20.0 Å². The summed E-state index contributed by atoms with van der Waals surface area (Å²) < 4.78 is 19.1. The summed E-state index contributed by atoms with van der Waals surface area (Å²) in [4.78, 5) is 0. The van der Waals surface area contributed by atoms with Crippen LogP contribution in [0.3, 0.4) is 0 Å². The molecule has 1 aliphatic rings. The summed E-state index contributed by atoms with van der Waals surface area (Å²) in [5, 5.41) is 12.9. The molecule has 1 unspecified atom stereocenters. The highest BCUT2D eigenvalue weighted by molar-refractivity contribution is 7.99. The van der Waals surface area contributed by atoms with Gasteiger partial charge in [-0.3, -0.25) is 4.68 Å². The van der Waals surface area contributed by atoms with Crippen LogP contribution >= 0.6 is 11.8 Å². The largest absolute Gasteiger partial charge is 0.485 e. The van der Waals surface area contributed by atoms with Gasteiger partial charge in [-0.15, -0.1) is 10.2 Å². The van der Waals surface area contributed by atoms with Gasteiger partial charge in [0, 0.05) is 19.0 Å². The molecule has 0 saturated carbocycles. The third-order valence-corrected chi connectivity index (χ3v) is 4.70. The van der Waals surface area contributed by atoms with Gasteiger partial charge >= 0.3 is 0 Å². The van der Waals surface area contributed by atoms with Gasteiger partial charge in [0.05, 0.1) is 6.20 Å². The lowest BCUT2D eigenvalue weighted by atomic mass is 10.2. The predicted octanol–water partition coefficient (Wildman–Crippen LogP) is 3.04. The molecule has 1 atom stereocenters. The zero-order valence-electron chi connectivity index (χ0n) is 13.8. The standard InChI is InChI=1S/C17H18N4O3S/c1-21-10-12(9-18-21)5-4-8-25-17-20-19-16(24-17)15-11-22-13-6-2-3-7-14(13)23-15/h2-3,6-7,9-10,15H,4-5,8,11H2,1H3. The van der Waals surface area contributed by atoms with E-state index in [2.05, 4.69) is 15.3 Å². The van der Waals surface area contributed by atoms with E-state index in [1.54, 1.807) is 11.8 Å². The first-order valence-corrected chi connectivity index (χ1v) is 9.09. The Kier molecular flexibility index (Phi) is 4.60. The summed E-state index contributed by atoms with van der Waals surface area (Å²) in [6, 6.07) is 7.56. The van der Waals surface area contributed by atoms with Gasteiger partial charge < -0.3 is 13.9 Å². The van der Waals surface area contributed by atoms with Gasteiger partial charge in [0.1, 0.15) is 6.61 Å².